The monoisotopic (exact) mass is 335 g/mol. The van der Waals surface area contributed by atoms with Crippen molar-refractivity contribution in [3.63, 3.8) is 0 Å². The third-order valence-electron chi connectivity index (χ3n) is 6.07. The Kier molecular flexibility index (Phi) is 3.92. The van der Waals surface area contributed by atoms with Gasteiger partial charge in [-0.05, 0) is 31.4 Å². The highest BCUT2D eigenvalue weighted by atomic mass is 16.5. The maximum Gasteiger partial charge on any atom is 0.312 e. The zero-order valence-corrected chi connectivity index (χ0v) is 14.9. The molecule has 1 spiro atoms. The summed E-state index contributed by atoms with van der Waals surface area (Å²) in [6.07, 6.45) is 0.950. The van der Waals surface area contributed by atoms with Crippen LogP contribution in [0.2, 0.25) is 0 Å². The smallest absolute Gasteiger partial charge is 0.312 e. The zero-order valence-electron chi connectivity index (χ0n) is 14.9. The molecule has 0 bridgehead atoms. The van der Waals surface area contributed by atoms with E-state index in [1.807, 2.05) is 6.92 Å². The molecule has 130 valence electrons. The molecule has 1 heterocycles. The predicted octanol–water partition coefficient (Wildman–Crippen LogP) is 4.05. The number of rotatable bonds is 5. The van der Waals surface area contributed by atoms with Gasteiger partial charge in [-0.15, -0.1) is 0 Å². The van der Waals surface area contributed by atoms with Crippen LogP contribution in [0.4, 0.5) is 0 Å². The van der Waals surface area contributed by atoms with E-state index in [4.69, 9.17) is 4.74 Å². The first kappa shape index (κ1) is 16.3. The predicted molar refractivity (Wildman–Crippen MR) is 98.1 cm³/mol. The molecule has 0 radical (unpaired) electrons. The summed E-state index contributed by atoms with van der Waals surface area (Å²) in [5, 5.41) is 0. The maximum atomic E-state index is 12.3. The van der Waals surface area contributed by atoms with Crippen molar-refractivity contribution in [2.45, 2.75) is 26.3 Å². The first-order chi connectivity index (χ1) is 12.1. The summed E-state index contributed by atoms with van der Waals surface area (Å²) in [6, 6.07) is 21.5. The third-order valence-corrected chi connectivity index (χ3v) is 6.07. The molecule has 1 unspecified atom stereocenters. The zero-order chi connectivity index (χ0) is 17.5. The van der Waals surface area contributed by atoms with E-state index in [0.29, 0.717) is 6.61 Å². The largest absolute Gasteiger partial charge is 0.466 e. The second kappa shape index (κ2) is 5.99. The first-order valence-electron chi connectivity index (χ1n) is 9.11. The number of nitrogens with zero attached hydrogens (tertiary/aromatic N) is 1. The number of carbonyl (C=O) groups excluding carboxylic acids is 1. The van der Waals surface area contributed by atoms with E-state index >= 15 is 0 Å². The Morgan fingerprint density at radius 2 is 1.56 bits per heavy atom. The van der Waals surface area contributed by atoms with Gasteiger partial charge in [0.2, 0.25) is 0 Å². The van der Waals surface area contributed by atoms with Crippen molar-refractivity contribution in [1.29, 1.82) is 0 Å². The van der Waals surface area contributed by atoms with Crippen LogP contribution in [0.1, 0.15) is 37.4 Å². The number of ether oxygens (including phenoxy) is 1. The molecule has 3 nitrogen and oxygen atoms in total. The van der Waals surface area contributed by atoms with Gasteiger partial charge in [0.05, 0.1) is 18.1 Å². The number of benzene rings is 2. The van der Waals surface area contributed by atoms with Crippen LogP contribution in [0, 0.1) is 10.8 Å². The molecule has 0 aromatic heterocycles. The van der Waals surface area contributed by atoms with Crippen LogP contribution in [0.25, 0.3) is 0 Å². The molecule has 2 aromatic carbocycles. The Bertz CT molecular complexity index is 713. The van der Waals surface area contributed by atoms with Crippen LogP contribution in [0.3, 0.4) is 0 Å². The van der Waals surface area contributed by atoms with Gasteiger partial charge in [0.1, 0.15) is 0 Å². The van der Waals surface area contributed by atoms with Crippen LogP contribution in [-0.4, -0.2) is 30.6 Å². The van der Waals surface area contributed by atoms with Gasteiger partial charge in [-0.25, -0.2) is 0 Å². The van der Waals surface area contributed by atoms with Gasteiger partial charge in [0.25, 0.3) is 0 Å². The highest BCUT2D eigenvalue weighted by molar-refractivity contribution is 5.82. The summed E-state index contributed by atoms with van der Waals surface area (Å²) in [7, 11) is 0. The summed E-state index contributed by atoms with van der Waals surface area (Å²) >= 11 is 0. The van der Waals surface area contributed by atoms with Gasteiger partial charge in [0, 0.05) is 18.5 Å². The molecule has 2 fully saturated rings. The molecule has 2 aromatic rings. The van der Waals surface area contributed by atoms with E-state index in [0.717, 1.165) is 19.5 Å². The molecule has 0 amide bonds. The molecule has 2 aliphatic rings. The molecule has 1 saturated heterocycles. The summed E-state index contributed by atoms with van der Waals surface area (Å²) in [4.78, 5) is 14.8. The lowest BCUT2D eigenvalue weighted by Crippen LogP contribution is -2.53. The number of carbonyl (C=O) groups is 1. The minimum atomic E-state index is -0.294. The fraction of sp³-hybridized carbons (Fsp3) is 0.409. The van der Waals surface area contributed by atoms with E-state index in [9.17, 15) is 4.79 Å². The molecule has 1 saturated carbocycles. The fourth-order valence-corrected chi connectivity index (χ4v) is 4.47. The second-order valence-electron chi connectivity index (χ2n) is 7.64. The van der Waals surface area contributed by atoms with Crippen molar-refractivity contribution in [3.8, 4) is 0 Å². The highest BCUT2D eigenvalue weighted by Gasteiger charge is 2.74. The summed E-state index contributed by atoms with van der Waals surface area (Å²) in [6.45, 7) is 6.32. The minimum Gasteiger partial charge on any atom is -0.466 e. The van der Waals surface area contributed by atoms with Crippen molar-refractivity contribution in [1.82, 2.24) is 4.90 Å². The Labute approximate surface area is 149 Å². The lowest BCUT2D eigenvalue weighted by molar-refractivity contribution is -0.152. The lowest BCUT2D eigenvalue weighted by Gasteiger charge is -2.47. The van der Waals surface area contributed by atoms with Crippen molar-refractivity contribution in [2.75, 3.05) is 19.7 Å². The lowest BCUT2D eigenvalue weighted by atomic mass is 9.83. The van der Waals surface area contributed by atoms with Crippen molar-refractivity contribution in [2.24, 2.45) is 10.8 Å². The Morgan fingerprint density at radius 3 is 2.04 bits per heavy atom. The van der Waals surface area contributed by atoms with Crippen molar-refractivity contribution >= 4 is 5.97 Å². The Morgan fingerprint density at radius 1 is 1.04 bits per heavy atom. The normalized spacial score (nSPS) is 24.1. The van der Waals surface area contributed by atoms with Gasteiger partial charge in [-0.2, -0.15) is 0 Å². The first-order valence-corrected chi connectivity index (χ1v) is 9.11. The molecule has 0 N–H and O–H groups in total. The molecule has 1 aliphatic heterocycles. The SMILES string of the molecule is CCOC(=O)C1(C)CC12CN(C(c1ccccc1)c1ccccc1)C2. The number of hydrogen-bond donors (Lipinski definition) is 0. The molecular weight excluding hydrogens is 310 g/mol. The summed E-state index contributed by atoms with van der Waals surface area (Å²) in [5.74, 6) is -0.0226. The summed E-state index contributed by atoms with van der Waals surface area (Å²) in [5.41, 5.74) is 2.43. The van der Waals surface area contributed by atoms with Crippen LogP contribution < -0.4 is 0 Å². The van der Waals surface area contributed by atoms with Gasteiger partial charge in [0.15, 0.2) is 0 Å². The number of likely N-dealkylation sites (tertiary alicyclic amines) is 1. The van der Waals surface area contributed by atoms with Gasteiger partial charge in [-0.1, -0.05) is 60.7 Å². The van der Waals surface area contributed by atoms with Crippen LogP contribution in [-0.2, 0) is 9.53 Å². The van der Waals surface area contributed by atoms with Gasteiger partial charge < -0.3 is 4.74 Å². The van der Waals surface area contributed by atoms with E-state index in [1.165, 1.54) is 11.1 Å². The topological polar surface area (TPSA) is 29.5 Å². The highest BCUT2D eigenvalue weighted by Crippen LogP contribution is 2.69. The Balaban J connectivity index is 1.55. The third kappa shape index (κ3) is 2.58. The minimum absolute atomic E-state index is 0.0226. The average Bonchev–Trinajstić information content (AvgIpc) is 3.25. The Hall–Kier alpha value is -2.13. The van der Waals surface area contributed by atoms with Crippen LogP contribution in [0.15, 0.2) is 60.7 Å². The van der Waals surface area contributed by atoms with E-state index < -0.39 is 0 Å². The van der Waals surface area contributed by atoms with Crippen LogP contribution in [0.5, 0.6) is 0 Å². The van der Waals surface area contributed by atoms with Crippen molar-refractivity contribution in [3.05, 3.63) is 71.8 Å². The molecule has 4 rings (SSSR count). The molecule has 25 heavy (non-hydrogen) atoms. The standard InChI is InChI=1S/C22H25NO2/c1-3-25-20(24)21(2)14-22(21)15-23(16-22)19(17-10-6-4-7-11-17)18-12-8-5-9-13-18/h4-13,19H,3,14-16H2,1-2H3. The quantitative estimate of drug-likeness (QED) is 0.772. The number of esters is 1. The van der Waals surface area contributed by atoms with Gasteiger partial charge in [-0.3, -0.25) is 9.69 Å². The van der Waals surface area contributed by atoms with Crippen molar-refractivity contribution < 1.29 is 9.53 Å². The molecule has 1 aliphatic carbocycles. The van der Waals surface area contributed by atoms with Gasteiger partial charge >= 0.3 is 5.97 Å². The molecule has 1 atom stereocenters. The maximum absolute atomic E-state index is 12.3. The molecular formula is C22H25NO2. The summed E-state index contributed by atoms with van der Waals surface area (Å²) < 4.78 is 5.31. The second-order valence-corrected chi connectivity index (χ2v) is 7.64. The van der Waals surface area contributed by atoms with E-state index in [1.54, 1.807) is 0 Å². The number of hydrogen-bond acceptors (Lipinski definition) is 3. The van der Waals surface area contributed by atoms with E-state index in [2.05, 4.69) is 72.5 Å². The average molecular weight is 335 g/mol. The van der Waals surface area contributed by atoms with E-state index in [-0.39, 0.29) is 22.8 Å². The molecule has 3 heteroatoms. The van der Waals surface area contributed by atoms with Crippen LogP contribution >= 0.6 is 0 Å². The fourth-order valence-electron chi connectivity index (χ4n) is 4.47.